The zero-order valence-corrected chi connectivity index (χ0v) is 9.66. The molecular formula is C9H15N3O5. The van der Waals surface area contributed by atoms with E-state index >= 15 is 0 Å². The molecule has 2 N–H and O–H groups in total. The smallest absolute Gasteiger partial charge is 0.404 e. The summed E-state index contributed by atoms with van der Waals surface area (Å²) in [6, 6.07) is -1.86. The summed E-state index contributed by atoms with van der Waals surface area (Å²) in [6.45, 7) is 2.82. The Morgan fingerprint density at radius 2 is 2.24 bits per heavy atom. The molecule has 17 heavy (non-hydrogen) atoms. The molecule has 0 aliphatic heterocycles. The van der Waals surface area contributed by atoms with E-state index in [1.54, 1.807) is 6.92 Å². The number of nitroso groups, excluding NO2 is 1. The zero-order valence-electron chi connectivity index (χ0n) is 9.66. The van der Waals surface area contributed by atoms with Gasteiger partial charge in [-0.25, -0.2) is 4.79 Å². The fourth-order valence-corrected chi connectivity index (χ4v) is 1.21. The fourth-order valence-electron chi connectivity index (χ4n) is 1.21. The summed E-state index contributed by atoms with van der Waals surface area (Å²) in [5, 5.41) is 13.3. The summed E-state index contributed by atoms with van der Waals surface area (Å²) in [4.78, 5) is 30.9. The lowest BCUT2D eigenvalue weighted by atomic mass is 10.0. The molecule has 96 valence electrons. The van der Waals surface area contributed by atoms with Crippen LogP contribution in [0.4, 0.5) is 4.79 Å². The molecule has 0 aromatic heterocycles. The Labute approximate surface area is 97.9 Å². The first-order valence-corrected chi connectivity index (χ1v) is 5.01. The van der Waals surface area contributed by atoms with Gasteiger partial charge in [0, 0.05) is 17.4 Å². The average Bonchev–Trinajstić information content (AvgIpc) is 2.28. The first-order valence-electron chi connectivity index (χ1n) is 5.01. The van der Waals surface area contributed by atoms with E-state index < -0.39 is 23.1 Å². The minimum Gasteiger partial charge on any atom is -0.447 e. The Balaban J connectivity index is 4.70. The molecule has 0 aliphatic rings. The van der Waals surface area contributed by atoms with Crippen LogP contribution in [0.3, 0.4) is 0 Å². The average molecular weight is 245 g/mol. The maximum Gasteiger partial charge on any atom is 0.404 e. The van der Waals surface area contributed by atoms with Gasteiger partial charge in [-0.1, -0.05) is 12.1 Å². The monoisotopic (exact) mass is 245 g/mol. The lowest BCUT2D eigenvalue weighted by Gasteiger charge is -2.09. The molecule has 2 unspecified atom stereocenters. The van der Waals surface area contributed by atoms with Crippen molar-refractivity contribution in [1.29, 1.82) is 0 Å². The van der Waals surface area contributed by atoms with Crippen molar-refractivity contribution in [1.82, 2.24) is 0 Å². The normalized spacial score (nSPS) is 14.8. The predicted octanol–water partition coefficient (Wildman–Crippen LogP) is 1.22. The van der Waals surface area contributed by atoms with Crippen LogP contribution in [-0.4, -0.2) is 29.7 Å². The van der Waals surface area contributed by atoms with Gasteiger partial charge in [-0.2, -0.15) is 4.91 Å². The van der Waals surface area contributed by atoms with Crippen LogP contribution in [0.5, 0.6) is 0 Å². The van der Waals surface area contributed by atoms with E-state index in [0.717, 1.165) is 0 Å². The minimum absolute atomic E-state index is 0.313. The number of amides is 1. The SMILES string of the molecule is CCC(=CC(COC(N)=O)N=O)C(C)[N+](=O)[O-]. The highest BCUT2D eigenvalue weighted by Crippen LogP contribution is 2.12. The Morgan fingerprint density at radius 3 is 2.59 bits per heavy atom. The van der Waals surface area contributed by atoms with Crippen molar-refractivity contribution in [2.75, 3.05) is 6.61 Å². The third kappa shape index (κ3) is 5.59. The van der Waals surface area contributed by atoms with Gasteiger partial charge in [-0.3, -0.25) is 10.1 Å². The van der Waals surface area contributed by atoms with Gasteiger partial charge in [-0.15, -0.1) is 0 Å². The van der Waals surface area contributed by atoms with E-state index in [1.807, 2.05) is 0 Å². The summed E-state index contributed by atoms with van der Waals surface area (Å²) < 4.78 is 4.41. The van der Waals surface area contributed by atoms with E-state index in [9.17, 15) is 19.8 Å². The highest BCUT2D eigenvalue weighted by atomic mass is 16.6. The Bertz CT molecular complexity index is 329. The van der Waals surface area contributed by atoms with Gasteiger partial charge >= 0.3 is 6.09 Å². The molecular weight excluding hydrogens is 230 g/mol. The molecule has 0 heterocycles. The molecule has 2 atom stereocenters. The third-order valence-electron chi connectivity index (χ3n) is 2.20. The lowest BCUT2D eigenvalue weighted by Crippen LogP contribution is -2.22. The summed E-state index contributed by atoms with van der Waals surface area (Å²) in [6.07, 6.45) is 0.723. The number of ether oxygens (including phenoxy) is 1. The van der Waals surface area contributed by atoms with Crippen LogP contribution in [-0.2, 0) is 4.74 Å². The zero-order chi connectivity index (χ0) is 13.4. The quantitative estimate of drug-likeness (QED) is 0.312. The number of nitrogens with two attached hydrogens (primary N) is 1. The van der Waals surface area contributed by atoms with Crippen LogP contribution in [0.1, 0.15) is 20.3 Å². The summed E-state index contributed by atoms with van der Waals surface area (Å²) in [7, 11) is 0. The van der Waals surface area contributed by atoms with Gasteiger partial charge in [0.25, 0.3) is 0 Å². The van der Waals surface area contributed by atoms with Crippen molar-refractivity contribution >= 4 is 6.09 Å². The number of hydrogen-bond acceptors (Lipinski definition) is 6. The number of nitrogens with zero attached hydrogens (tertiary/aromatic N) is 2. The maximum atomic E-state index is 10.6. The largest absolute Gasteiger partial charge is 0.447 e. The second-order valence-corrected chi connectivity index (χ2v) is 3.36. The highest BCUT2D eigenvalue weighted by molar-refractivity contribution is 5.64. The van der Waals surface area contributed by atoms with Crippen molar-refractivity contribution < 1.29 is 14.5 Å². The molecule has 0 bridgehead atoms. The molecule has 8 heteroatoms. The van der Waals surface area contributed by atoms with Gasteiger partial charge in [0.2, 0.25) is 6.04 Å². The summed E-state index contributed by atoms with van der Waals surface area (Å²) in [5.41, 5.74) is 5.18. The number of nitro groups is 1. The Kier molecular flexibility index (Phi) is 6.46. The van der Waals surface area contributed by atoms with Gasteiger partial charge in [0.15, 0.2) is 0 Å². The molecule has 0 aromatic rings. The van der Waals surface area contributed by atoms with Crippen molar-refractivity contribution in [2.45, 2.75) is 32.4 Å². The third-order valence-corrected chi connectivity index (χ3v) is 2.20. The van der Waals surface area contributed by atoms with Crippen molar-refractivity contribution in [3.05, 3.63) is 26.7 Å². The van der Waals surface area contributed by atoms with Crippen LogP contribution in [0.25, 0.3) is 0 Å². The van der Waals surface area contributed by atoms with Crippen LogP contribution in [0, 0.1) is 15.0 Å². The first kappa shape index (κ1) is 15.0. The lowest BCUT2D eigenvalue weighted by molar-refractivity contribution is -0.508. The number of rotatable bonds is 7. The number of primary amides is 1. The number of carbonyl (C=O) groups is 1. The predicted molar refractivity (Wildman–Crippen MR) is 59.9 cm³/mol. The summed E-state index contributed by atoms with van der Waals surface area (Å²) >= 11 is 0. The van der Waals surface area contributed by atoms with E-state index in [-0.39, 0.29) is 6.61 Å². The molecule has 0 saturated heterocycles. The summed E-state index contributed by atoms with van der Waals surface area (Å²) in [5.74, 6) is 0. The van der Waals surface area contributed by atoms with Gasteiger partial charge < -0.3 is 10.5 Å². The maximum absolute atomic E-state index is 10.6. The minimum atomic E-state index is -1.02. The molecule has 0 radical (unpaired) electrons. The second-order valence-electron chi connectivity index (χ2n) is 3.36. The standard InChI is InChI=1S/C9H15N3O5/c1-3-7(6(2)12(15)16)4-8(11-14)5-17-9(10)13/h4,6,8H,3,5H2,1-2H3,(H2,10,13). The van der Waals surface area contributed by atoms with E-state index in [0.29, 0.717) is 12.0 Å². The molecule has 0 fully saturated rings. The van der Waals surface area contributed by atoms with E-state index in [1.165, 1.54) is 13.0 Å². The van der Waals surface area contributed by atoms with Crippen LogP contribution < -0.4 is 5.73 Å². The fraction of sp³-hybridized carbons (Fsp3) is 0.667. The molecule has 8 nitrogen and oxygen atoms in total. The number of hydrogen-bond donors (Lipinski definition) is 1. The van der Waals surface area contributed by atoms with Gasteiger partial charge in [0.05, 0.1) is 0 Å². The molecule has 0 rings (SSSR count). The van der Waals surface area contributed by atoms with Crippen LogP contribution >= 0.6 is 0 Å². The van der Waals surface area contributed by atoms with Crippen LogP contribution in [0.2, 0.25) is 0 Å². The van der Waals surface area contributed by atoms with Crippen LogP contribution in [0.15, 0.2) is 16.8 Å². The first-order chi connectivity index (χ1) is 7.92. The molecule has 1 amide bonds. The number of carbonyl (C=O) groups excluding carboxylic acids is 1. The van der Waals surface area contributed by atoms with Gasteiger partial charge in [0.1, 0.15) is 12.6 Å². The van der Waals surface area contributed by atoms with E-state index in [4.69, 9.17) is 5.73 Å². The molecule has 0 aliphatic carbocycles. The molecule has 0 saturated carbocycles. The Morgan fingerprint density at radius 1 is 1.65 bits per heavy atom. The second kappa shape index (κ2) is 7.31. The Hall–Kier alpha value is -1.99. The van der Waals surface area contributed by atoms with Crippen molar-refractivity contribution in [2.24, 2.45) is 10.9 Å². The highest BCUT2D eigenvalue weighted by Gasteiger charge is 2.20. The van der Waals surface area contributed by atoms with E-state index in [2.05, 4.69) is 9.91 Å². The van der Waals surface area contributed by atoms with Gasteiger partial charge in [-0.05, 0) is 12.5 Å². The molecule has 0 aromatic carbocycles. The van der Waals surface area contributed by atoms with Crippen molar-refractivity contribution in [3.63, 3.8) is 0 Å². The van der Waals surface area contributed by atoms with Crippen molar-refractivity contribution in [3.8, 4) is 0 Å². The molecule has 0 spiro atoms. The topological polar surface area (TPSA) is 125 Å².